The number of anilines is 1. The molecule has 2 heterocycles. The Morgan fingerprint density at radius 1 is 0.957 bits per heavy atom. The van der Waals surface area contributed by atoms with E-state index in [-0.39, 0.29) is 5.91 Å². The Bertz CT molecular complexity index is 806. The molecule has 1 fully saturated rings. The highest BCUT2D eigenvalue weighted by molar-refractivity contribution is 6.19. The van der Waals surface area contributed by atoms with Crippen LogP contribution in [0.15, 0.2) is 65.3 Å². The standard InChI is InChI=1S/C19H17N3O/c1-14-7-9-16(10-8-14)21-11-12-22-18(23)17(20-19(21)22)13-15-5-3-2-4-6-15/h2-10,13H,11-12H2,1H3/b17-13-. The summed E-state index contributed by atoms with van der Waals surface area (Å²) in [6, 6.07) is 18.1. The summed E-state index contributed by atoms with van der Waals surface area (Å²) in [4.78, 5) is 21.0. The topological polar surface area (TPSA) is 35.9 Å². The van der Waals surface area contributed by atoms with Gasteiger partial charge in [-0.3, -0.25) is 9.69 Å². The fourth-order valence-corrected chi connectivity index (χ4v) is 2.92. The summed E-state index contributed by atoms with van der Waals surface area (Å²) in [6.07, 6.45) is 1.85. The van der Waals surface area contributed by atoms with Crippen LogP contribution in [0.3, 0.4) is 0 Å². The van der Waals surface area contributed by atoms with Gasteiger partial charge in [0.05, 0.1) is 0 Å². The summed E-state index contributed by atoms with van der Waals surface area (Å²) in [5.41, 5.74) is 3.79. The van der Waals surface area contributed by atoms with Crippen molar-refractivity contribution >= 4 is 23.6 Å². The van der Waals surface area contributed by atoms with E-state index >= 15 is 0 Å². The van der Waals surface area contributed by atoms with Crippen molar-refractivity contribution in [3.8, 4) is 0 Å². The third-order valence-corrected chi connectivity index (χ3v) is 4.16. The number of rotatable bonds is 2. The SMILES string of the molecule is Cc1ccc(N2CCN3C(=O)/C(=C/c4ccccc4)N=C32)cc1. The number of hydrogen-bond acceptors (Lipinski definition) is 3. The van der Waals surface area contributed by atoms with Crippen molar-refractivity contribution in [1.29, 1.82) is 0 Å². The minimum absolute atomic E-state index is 0.0153. The first-order valence-electron chi connectivity index (χ1n) is 7.74. The maximum Gasteiger partial charge on any atom is 0.279 e. The number of carbonyl (C=O) groups is 1. The number of aliphatic imine (C=N–C) groups is 1. The number of aryl methyl sites for hydroxylation is 1. The average Bonchev–Trinajstić information content (AvgIpc) is 3.11. The van der Waals surface area contributed by atoms with Crippen molar-refractivity contribution in [3.63, 3.8) is 0 Å². The second kappa shape index (κ2) is 5.39. The minimum atomic E-state index is -0.0153. The number of amides is 1. The molecule has 2 aliphatic heterocycles. The van der Waals surface area contributed by atoms with Gasteiger partial charge < -0.3 is 4.90 Å². The summed E-state index contributed by atoms with van der Waals surface area (Å²) in [5.74, 6) is 0.722. The summed E-state index contributed by atoms with van der Waals surface area (Å²) in [7, 11) is 0. The number of fused-ring (bicyclic) bond motifs is 1. The maximum absolute atomic E-state index is 12.5. The Balaban J connectivity index is 1.68. The van der Waals surface area contributed by atoms with Crippen LogP contribution in [0.2, 0.25) is 0 Å². The molecule has 0 bridgehead atoms. The van der Waals surface area contributed by atoms with Crippen LogP contribution in [0.5, 0.6) is 0 Å². The van der Waals surface area contributed by atoms with E-state index in [4.69, 9.17) is 0 Å². The van der Waals surface area contributed by atoms with Crippen molar-refractivity contribution in [1.82, 2.24) is 4.90 Å². The third-order valence-electron chi connectivity index (χ3n) is 4.16. The first-order chi connectivity index (χ1) is 11.2. The van der Waals surface area contributed by atoms with E-state index in [9.17, 15) is 4.79 Å². The van der Waals surface area contributed by atoms with E-state index in [0.717, 1.165) is 23.8 Å². The van der Waals surface area contributed by atoms with Crippen LogP contribution < -0.4 is 4.90 Å². The average molecular weight is 303 g/mol. The molecule has 1 amide bonds. The predicted molar refractivity (Wildman–Crippen MR) is 92.1 cm³/mol. The minimum Gasteiger partial charge on any atom is -0.310 e. The molecule has 23 heavy (non-hydrogen) atoms. The summed E-state index contributed by atoms with van der Waals surface area (Å²) in [5, 5.41) is 0. The molecule has 4 heteroatoms. The largest absolute Gasteiger partial charge is 0.310 e. The molecule has 0 spiro atoms. The molecule has 0 aromatic heterocycles. The van der Waals surface area contributed by atoms with E-state index < -0.39 is 0 Å². The van der Waals surface area contributed by atoms with E-state index in [0.29, 0.717) is 12.2 Å². The smallest absolute Gasteiger partial charge is 0.279 e. The zero-order valence-corrected chi connectivity index (χ0v) is 12.9. The molecule has 4 rings (SSSR count). The van der Waals surface area contributed by atoms with Crippen molar-refractivity contribution in [2.45, 2.75) is 6.92 Å². The summed E-state index contributed by atoms with van der Waals surface area (Å²) >= 11 is 0. The van der Waals surface area contributed by atoms with Gasteiger partial charge in [-0.1, -0.05) is 48.0 Å². The highest BCUT2D eigenvalue weighted by atomic mass is 16.2. The highest BCUT2D eigenvalue weighted by Gasteiger charge is 2.38. The fraction of sp³-hybridized carbons (Fsp3) is 0.158. The lowest BCUT2D eigenvalue weighted by Gasteiger charge is -2.17. The molecule has 0 radical (unpaired) electrons. The first-order valence-corrected chi connectivity index (χ1v) is 7.74. The number of benzene rings is 2. The summed E-state index contributed by atoms with van der Waals surface area (Å²) in [6.45, 7) is 3.53. The van der Waals surface area contributed by atoms with E-state index in [1.807, 2.05) is 36.4 Å². The molecular weight excluding hydrogens is 286 g/mol. The summed E-state index contributed by atoms with van der Waals surface area (Å²) < 4.78 is 0. The lowest BCUT2D eigenvalue weighted by molar-refractivity contribution is -0.122. The van der Waals surface area contributed by atoms with Gasteiger partial charge >= 0.3 is 0 Å². The monoisotopic (exact) mass is 303 g/mol. The molecule has 0 aliphatic carbocycles. The van der Waals surface area contributed by atoms with Gasteiger partial charge in [-0.15, -0.1) is 0 Å². The molecule has 0 saturated carbocycles. The number of nitrogens with zero attached hydrogens (tertiary/aromatic N) is 3. The van der Waals surface area contributed by atoms with E-state index in [1.165, 1.54) is 5.56 Å². The second-order valence-electron chi connectivity index (χ2n) is 5.80. The molecule has 0 N–H and O–H groups in total. The van der Waals surface area contributed by atoms with Gasteiger partial charge in [-0.05, 0) is 30.7 Å². The fourth-order valence-electron chi connectivity index (χ4n) is 2.92. The Hall–Kier alpha value is -2.88. The lowest BCUT2D eigenvalue weighted by atomic mass is 10.2. The van der Waals surface area contributed by atoms with Crippen LogP contribution in [0.1, 0.15) is 11.1 Å². The first kappa shape index (κ1) is 13.8. The van der Waals surface area contributed by atoms with Crippen LogP contribution >= 0.6 is 0 Å². The lowest BCUT2D eigenvalue weighted by Crippen LogP contribution is -2.32. The highest BCUT2D eigenvalue weighted by Crippen LogP contribution is 2.27. The molecule has 0 unspecified atom stereocenters. The van der Waals surface area contributed by atoms with Gasteiger partial charge in [-0.25, -0.2) is 4.99 Å². The Labute approximate surface area is 135 Å². The maximum atomic E-state index is 12.5. The molecule has 114 valence electrons. The van der Waals surface area contributed by atoms with Gasteiger partial charge in [-0.2, -0.15) is 0 Å². The number of carbonyl (C=O) groups excluding carboxylic acids is 1. The second-order valence-corrected chi connectivity index (χ2v) is 5.80. The molecule has 2 aliphatic rings. The molecule has 2 aromatic rings. The molecule has 0 atom stereocenters. The Kier molecular flexibility index (Phi) is 3.23. The Morgan fingerprint density at radius 2 is 1.65 bits per heavy atom. The van der Waals surface area contributed by atoms with Crippen LogP contribution in [0.25, 0.3) is 6.08 Å². The zero-order chi connectivity index (χ0) is 15.8. The molecule has 2 aromatic carbocycles. The molecule has 4 nitrogen and oxygen atoms in total. The Morgan fingerprint density at radius 3 is 2.39 bits per heavy atom. The third kappa shape index (κ3) is 2.42. The van der Waals surface area contributed by atoms with E-state index in [1.54, 1.807) is 4.90 Å². The van der Waals surface area contributed by atoms with Crippen molar-refractivity contribution < 1.29 is 4.79 Å². The van der Waals surface area contributed by atoms with Crippen molar-refractivity contribution in [2.75, 3.05) is 18.0 Å². The van der Waals surface area contributed by atoms with Crippen LogP contribution in [-0.4, -0.2) is 29.9 Å². The van der Waals surface area contributed by atoms with E-state index in [2.05, 4.69) is 41.1 Å². The van der Waals surface area contributed by atoms with Gasteiger partial charge in [0.2, 0.25) is 5.96 Å². The van der Waals surface area contributed by atoms with Gasteiger partial charge in [0, 0.05) is 18.8 Å². The van der Waals surface area contributed by atoms with Gasteiger partial charge in [0.1, 0.15) is 5.70 Å². The van der Waals surface area contributed by atoms with Crippen molar-refractivity contribution in [3.05, 3.63) is 71.4 Å². The van der Waals surface area contributed by atoms with Gasteiger partial charge in [0.15, 0.2) is 0 Å². The van der Waals surface area contributed by atoms with Crippen LogP contribution in [-0.2, 0) is 4.79 Å². The normalized spacial score (nSPS) is 18.6. The quantitative estimate of drug-likeness (QED) is 0.799. The number of guanidine groups is 1. The molecular formula is C19H17N3O. The number of hydrogen-bond donors (Lipinski definition) is 0. The predicted octanol–water partition coefficient (Wildman–Crippen LogP) is 3.05. The van der Waals surface area contributed by atoms with Crippen LogP contribution in [0.4, 0.5) is 5.69 Å². The zero-order valence-electron chi connectivity index (χ0n) is 12.9. The van der Waals surface area contributed by atoms with Crippen LogP contribution in [0, 0.1) is 6.92 Å². The molecule has 1 saturated heterocycles. The van der Waals surface area contributed by atoms with Gasteiger partial charge in [0.25, 0.3) is 5.91 Å². The van der Waals surface area contributed by atoms with Crippen molar-refractivity contribution in [2.24, 2.45) is 4.99 Å².